The first-order chi connectivity index (χ1) is 17.5. The number of nitrogens with zero attached hydrogens (tertiary/aromatic N) is 6. The van der Waals surface area contributed by atoms with Gasteiger partial charge in [0.05, 0.1) is 37.9 Å². The van der Waals surface area contributed by atoms with Gasteiger partial charge in [0.2, 0.25) is 0 Å². The van der Waals surface area contributed by atoms with Gasteiger partial charge in [-0.25, -0.2) is 28.1 Å². The van der Waals surface area contributed by atoms with E-state index in [4.69, 9.17) is 0 Å². The molecule has 0 amide bonds. The molecule has 1 rings (SSSR count). The molecule has 12 heteroatoms. The molecule has 1 aromatic rings. The van der Waals surface area contributed by atoms with Crippen LogP contribution in [0, 0.1) is 0 Å². The van der Waals surface area contributed by atoms with Crippen LogP contribution in [-0.2, 0) is 19.6 Å². The summed E-state index contributed by atoms with van der Waals surface area (Å²) in [7, 11) is 1.87. The van der Waals surface area contributed by atoms with Crippen LogP contribution in [-0.4, -0.2) is 121 Å². The molecule has 0 fully saturated rings. The van der Waals surface area contributed by atoms with Crippen LogP contribution in [0.2, 0.25) is 0 Å². The van der Waals surface area contributed by atoms with Crippen LogP contribution >= 0.6 is 0 Å². The van der Waals surface area contributed by atoms with Gasteiger partial charge in [0.25, 0.3) is 0 Å². The Balaban J connectivity index is 3.17. The van der Waals surface area contributed by atoms with Crippen LogP contribution in [0.3, 0.4) is 0 Å². The molecule has 0 aromatic carbocycles. The quantitative estimate of drug-likeness (QED) is 0.199. The van der Waals surface area contributed by atoms with E-state index in [9.17, 15) is 29.7 Å². The van der Waals surface area contributed by atoms with E-state index in [0.29, 0.717) is 19.5 Å². The second-order valence-electron chi connectivity index (χ2n) is 9.68. The van der Waals surface area contributed by atoms with Crippen molar-refractivity contribution in [3.63, 3.8) is 0 Å². The van der Waals surface area contributed by atoms with Crippen molar-refractivity contribution in [3.05, 3.63) is 31.5 Å². The van der Waals surface area contributed by atoms with Gasteiger partial charge in [-0.3, -0.25) is 0 Å². The fourth-order valence-electron chi connectivity index (χ4n) is 4.36. The first kappa shape index (κ1) is 33.2. The van der Waals surface area contributed by atoms with Gasteiger partial charge in [0.15, 0.2) is 0 Å². The maximum absolute atomic E-state index is 13.2. The number of aromatic nitrogens is 3. The van der Waals surface area contributed by atoms with Crippen LogP contribution in [0.15, 0.2) is 14.4 Å². The zero-order chi connectivity index (χ0) is 28.1. The minimum atomic E-state index is -1.03. The third kappa shape index (κ3) is 10.5. The third-order valence-corrected chi connectivity index (χ3v) is 6.83. The van der Waals surface area contributed by atoms with Gasteiger partial charge in [0, 0.05) is 13.1 Å². The molecule has 0 radical (unpaired) electrons. The molecule has 0 saturated carbocycles. The Hall–Kier alpha value is -1.83. The van der Waals surface area contributed by atoms with E-state index >= 15 is 0 Å². The highest BCUT2D eigenvalue weighted by molar-refractivity contribution is 4.83. The number of aliphatic hydroxyl groups excluding tert-OH is 3. The molecule has 0 saturated heterocycles. The highest BCUT2D eigenvalue weighted by atomic mass is 16.3. The Labute approximate surface area is 220 Å². The number of aliphatic hydroxyl groups is 3. The van der Waals surface area contributed by atoms with Crippen molar-refractivity contribution in [2.75, 3.05) is 59.4 Å². The van der Waals surface area contributed by atoms with Gasteiger partial charge in [-0.15, -0.1) is 0 Å². The predicted molar refractivity (Wildman–Crippen MR) is 145 cm³/mol. The van der Waals surface area contributed by atoms with E-state index in [2.05, 4.69) is 18.7 Å². The molecule has 0 spiro atoms. The number of likely N-dealkylation sites (N-methyl/N-ethyl adjacent to an activating group) is 2. The number of hydrogen-bond acceptors (Lipinski definition) is 9. The van der Waals surface area contributed by atoms with E-state index in [0.717, 1.165) is 46.3 Å². The zero-order valence-electron chi connectivity index (χ0n) is 23.7. The molecule has 0 aliphatic heterocycles. The predicted octanol–water partition coefficient (Wildman–Crippen LogP) is -1.33. The van der Waals surface area contributed by atoms with E-state index in [1.54, 1.807) is 6.92 Å². The minimum absolute atomic E-state index is 0.241. The summed E-state index contributed by atoms with van der Waals surface area (Å²) in [5.74, 6) is 0. The third-order valence-electron chi connectivity index (χ3n) is 6.83. The molecule has 0 aliphatic carbocycles. The summed E-state index contributed by atoms with van der Waals surface area (Å²) in [5.41, 5.74) is -2.63. The SMILES string of the molecule is CCC(O)Cn1c(=O)n(CC(O)CN(C)CCCN(CC)CC)c(=O)n(CC(O)CN(CC)CC)c1=O. The molecule has 12 nitrogen and oxygen atoms in total. The molecule has 0 aliphatic rings. The first-order valence-electron chi connectivity index (χ1n) is 13.6. The summed E-state index contributed by atoms with van der Waals surface area (Å²) in [4.78, 5) is 45.6. The summed E-state index contributed by atoms with van der Waals surface area (Å²) < 4.78 is 2.49. The first-order valence-corrected chi connectivity index (χ1v) is 13.6. The average Bonchev–Trinajstić information content (AvgIpc) is 2.87. The van der Waals surface area contributed by atoms with Gasteiger partial charge in [0.1, 0.15) is 0 Å². The highest BCUT2D eigenvalue weighted by Crippen LogP contribution is 1.98. The summed E-state index contributed by atoms with van der Waals surface area (Å²) in [5, 5.41) is 31.4. The molecule has 3 atom stereocenters. The van der Waals surface area contributed by atoms with E-state index in [1.165, 1.54) is 0 Å². The monoisotopic (exact) mass is 530 g/mol. The van der Waals surface area contributed by atoms with Crippen molar-refractivity contribution in [1.82, 2.24) is 28.4 Å². The Morgan fingerprint density at radius 2 is 1.03 bits per heavy atom. The fraction of sp³-hybridized carbons (Fsp3) is 0.880. The van der Waals surface area contributed by atoms with Crippen molar-refractivity contribution >= 4 is 0 Å². The highest BCUT2D eigenvalue weighted by Gasteiger charge is 2.22. The van der Waals surface area contributed by atoms with Gasteiger partial charge in [-0.2, -0.15) is 0 Å². The molecular weight excluding hydrogens is 480 g/mol. The Bertz CT molecular complexity index is 952. The molecule has 216 valence electrons. The topological polar surface area (TPSA) is 136 Å². The van der Waals surface area contributed by atoms with Crippen molar-refractivity contribution < 1.29 is 15.3 Å². The summed E-state index contributed by atoms with van der Waals surface area (Å²) in [6.45, 7) is 14.5. The standard InChI is InChI=1S/C25H50N6O6/c1-7-20(32)17-29-23(35)30(18-21(33)15-26(6)13-12-14-27(8-2)9-3)25(37)31(24(29)36)19-22(34)16-28(10-4)11-5/h20-22,32-34H,7-19H2,1-6H3. The van der Waals surface area contributed by atoms with Gasteiger partial charge in [-0.1, -0.05) is 34.6 Å². The lowest BCUT2D eigenvalue weighted by Crippen LogP contribution is -2.57. The Morgan fingerprint density at radius 3 is 1.43 bits per heavy atom. The molecular formula is C25H50N6O6. The van der Waals surface area contributed by atoms with Crippen LogP contribution < -0.4 is 17.1 Å². The minimum Gasteiger partial charge on any atom is -0.391 e. The van der Waals surface area contributed by atoms with Gasteiger partial charge in [-0.05, 0) is 59.2 Å². The second-order valence-corrected chi connectivity index (χ2v) is 9.68. The van der Waals surface area contributed by atoms with Crippen LogP contribution in [0.4, 0.5) is 0 Å². The van der Waals surface area contributed by atoms with Gasteiger partial charge >= 0.3 is 17.1 Å². The molecule has 1 aromatic heterocycles. The lowest BCUT2D eigenvalue weighted by Gasteiger charge is -2.24. The smallest absolute Gasteiger partial charge is 0.336 e. The van der Waals surface area contributed by atoms with Crippen LogP contribution in [0.1, 0.15) is 47.5 Å². The van der Waals surface area contributed by atoms with Crippen LogP contribution in [0.25, 0.3) is 0 Å². The van der Waals surface area contributed by atoms with Crippen LogP contribution in [0.5, 0.6) is 0 Å². The maximum atomic E-state index is 13.2. The number of rotatable bonds is 19. The van der Waals surface area contributed by atoms with Crippen molar-refractivity contribution in [2.45, 2.75) is 85.4 Å². The molecule has 0 bridgehead atoms. The second kappa shape index (κ2) is 16.9. The van der Waals surface area contributed by atoms with Crippen molar-refractivity contribution in [1.29, 1.82) is 0 Å². The van der Waals surface area contributed by atoms with E-state index in [-0.39, 0.29) is 32.7 Å². The summed E-state index contributed by atoms with van der Waals surface area (Å²) >= 11 is 0. The lowest BCUT2D eigenvalue weighted by atomic mass is 10.3. The Morgan fingerprint density at radius 1 is 0.622 bits per heavy atom. The normalized spacial score (nSPS) is 14.6. The average molecular weight is 531 g/mol. The fourth-order valence-corrected chi connectivity index (χ4v) is 4.36. The summed E-state index contributed by atoms with van der Waals surface area (Å²) in [6, 6.07) is 0. The maximum Gasteiger partial charge on any atom is 0.336 e. The van der Waals surface area contributed by atoms with E-state index < -0.39 is 35.4 Å². The summed E-state index contributed by atoms with van der Waals surface area (Å²) in [6.07, 6.45) is -1.76. The van der Waals surface area contributed by atoms with E-state index in [1.807, 2.05) is 30.7 Å². The number of hydrogen-bond donors (Lipinski definition) is 3. The molecule has 3 unspecified atom stereocenters. The van der Waals surface area contributed by atoms with Crippen molar-refractivity contribution in [2.24, 2.45) is 0 Å². The van der Waals surface area contributed by atoms with Gasteiger partial charge < -0.3 is 30.0 Å². The molecule has 1 heterocycles. The lowest BCUT2D eigenvalue weighted by molar-refractivity contribution is 0.0914. The molecule has 3 N–H and O–H groups in total. The van der Waals surface area contributed by atoms with Crippen molar-refractivity contribution in [3.8, 4) is 0 Å². The molecule has 37 heavy (non-hydrogen) atoms. The zero-order valence-corrected chi connectivity index (χ0v) is 23.7. The Kier molecular flexibility index (Phi) is 15.2. The largest absolute Gasteiger partial charge is 0.391 e.